The van der Waals surface area contributed by atoms with Crippen molar-refractivity contribution in [1.29, 1.82) is 0 Å². The van der Waals surface area contributed by atoms with Gasteiger partial charge in [0.15, 0.2) is 0 Å². The first kappa shape index (κ1) is 33.7. The van der Waals surface area contributed by atoms with Crippen molar-refractivity contribution >= 4 is 70.5 Å². The molecular formula is C21H36Cl3N15. The molecule has 15 nitrogen and oxygen atoms in total. The average Bonchev–Trinajstić information content (AvgIpc) is 2.85. The van der Waals surface area contributed by atoms with E-state index < -0.39 is 0 Å². The average molecular weight is 605 g/mol. The van der Waals surface area contributed by atoms with E-state index in [1.165, 1.54) is 0 Å². The smallest absolute Gasteiger partial charge is 0.228 e. The van der Waals surface area contributed by atoms with Gasteiger partial charge in [0.2, 0.25) is 51.5 Å². The Hall–Kier alpha value is -3.30. The van der Waals surface area contributed by atoms with Gasteiger partial charge in [-0.3, -0.25) is 0 Å². The molecule has 0 aliphatic rings. The number of rotatable bonds is 12. The van der Waals surface area contributed by atoms with Crippen LogP contribution < -0.4 is 31.9 Å². The van der Waals surface area contributed by atoms with Crippen LogP contribution in [0.15, 0.2) is 0 Å². The van der Waals surface area contributed by atoms with Gasteiger partial charge in [-0.1, -0.05) is 0 Å². The molecule has 0 amide bonds. The molecule has 0 fully saturated rings. The van der Waals surface area contributed by atoms with E-state index in [0.29, 0.717) is 35.7 Å². The van der Waals surface area contributed by atoms with Gasteiger partial charge in [0.05, 0.1) is 0 Å². The predicted molar refractivity (Wildman–Crippen MR) is 159 cm³/mol. The van der Waals surface area contributed by atoms with Crippen LogP contribution in [0.2, 0.25) is 15.9 Å². The molecule has 0 bridgehead atoms. The van der Waals surface area contributed by atoms with Gasteiger partial charge in [-0.25, -0.2) is 0 Å². The Kier molecular flexibility index (Phi) is 17.1. The van der Waals surface area contributed by atoms with Gasteiger partial charge in [-0.05, 0) is 76.3 Å². The lowest BCUT2D eigenvalue weighted by Crippen LogP contribution is -2.08. The van der Waals surface area contributed by atoms with Crippen LogP contribution in [-0.2, 0) is 0 Å². The third-order valence-electron chi connectivity index (χ3n) is 3.83. The fourth-order valence-corrected chi connectivity index (χ4v) is 2.95. The van der Waals surface area contributed by atoms with Crippen LogP contribution >= 0.6 is 34.8 Å². The molecule has 0 aromatic carbocycles. The van der Waals surface area contributed by atoms with Crippen molar-refractivity contribution in [3.8, 4) is 0 Å². The number of hydrogen-bond acceptors (Lipinski definition) is 15. The van der Waals surface area contributed by atoms with Crippen LogP contribution in [0.25, 0.3) is 0 Å². The van der Waals surface area contributed by atoms with E-state index in [4.69, 9.17) is 34.8 Å². The zero-order chi connectivity index (χ0) is 29.0. The van der Waals surface area contributed by atoms with Gasteiger partial charge >= 0.3 is 0 Å². The monoisotopic (exact) mass is 603 g/mol. The van der Waals surface area contributed by atoms with Crippen molar-refractivity contribution in [2.24, 2.45) is 0 Å². The molecule has 18 heteroatoms. The summed E-state index contributed by atoms with van der Waals surface area (Å²) in [5, 5.41) is 18.4. The van der Waals surface area contributed by atoms with E-state index in [9.17, 15) is 0 Å². The Morgan fingerprint density at radius 2 is 0.487 bits per heavy atom. The number of anilines is 6. The van der Waals surface area contributed by atoms with E-state index >= 15 is 0 Å². The predicted octanol–water partition coefficient (Wildman–Crippen LogP) is 4.17. The van der Waals surface area contributed by atoms with Crippen LogP contribution in [0.3, 0.4) is 0 Å². The molecule has 0 radical (unpaired) electrons. The molecule has 0 spiro atoms. The van der Waals surface area contributed by atoms with Crippen LogP contribution in [0.4, 0.5) is 35.7 Å². The van der Waals surface area contributed by atoms with E-state index in [-0.39, 0.29) is 15.9 Å². The van der Waals surface area contributed by atoms with Gasteiger partial charge in [-0.2, -0.15) is 44.9 Å². The lowest BCUT2D eigenvalue weighted by atomic mass is 10.7. The largest absolute Gasteiger partial charge is 0.354 e. The Morgan fingerprint density at radius 1 is 0.333 bits per heavy atom. The van der Waals surface area contributed by atoms with E-state index in [1.54, 1.807) is 0 Å². The Labute approximate surface area is 243 Å². The summed E-state index contributed by atoms with van der Waals surface area (Å²) in [4.78, 5) is 35.6. The van der Waals surface area contributed by atoms with Gasteiger partial charge in [0.1, 0.15) is 0 Å². The quantitative estimate of drug-likeness (QED) is 0.173. The summed E-state index contributed by atoms with van der Waals surface area (Å²) in [7, 11) is 0. The first-order valence-corrected chi connectivity index (χ1v) is 13.6. The summed E-state index contributed by atoms with van der Waals surface area (Å²) in [6.07, 6.45) is 0. The topological polar surface area (TPSA) is 188 Å². The summed E-state index contributed by atoms with van der Waals surface area (Å²) in [5.41, 5.74) is 0. The molecule has 39 heavy (non-hydrogen) atoms. The second kappa shape index (κ2) is 19.7. The minimum absolute atomic E-state index is 0.196. The number of aromatic nitrogens is 9. The zero-order valence-electron chi connectivity index (χ0n) is 22.9. The second-order valence-corrected chi connectivity index (χ2v) is 7.95. The minimum atomic E-state index is 0.196. The van der Waals surface area contributed by atoms with Gasteiger partial charge in [0, 0.05) is 39.3 Å². The van der Waals surface area contributed by atoms with E-state index in [0.717, 1.165) is 39.3 Å². The summed E-state index contributed by atoms with van der Waals surface area (Å²) in [5.74, 6) is 2.99. The van der Waals surface area contributed by atoms with Crippen molar-refractivity contribution in [1.82, 2.24) is 44.9 Å². The maximum atomic E-state index is 5.68. The summed E-state index contributed by atoms with van der Waals surface area (Å²) < 4.78 is 0. The fraction of sp³-hybridized carbons (Fsp3) is 0.571. The number of nitrogens with one attached hydrogen (secondary N) is 6. The molecule has 0 atom stereocenters. The molecule has 0 aliphatic carbocycles. The molecular weight excluding hydrogens is 569 g/mol. The molecule has 6 N–H and O–H groups in total. The van der Waals surface area contributed by atoms with Crippen molar-refractivity contribution in [2.75, 3.05) is 71.2 Å². The molecule has 216 valence electrons. The highest BCUT2D eigenvalue weighted by atomic mass is 35.5. The van der Waals surface area contributed by atoms with Gasteiger partial charge < -0.3 is 31.9 Å². The summed E-state index contributed by atoms with van der Waals surface area (Å²) >= 11 is 17.0. The van der Waals surface area contributed by atoms with E-state index in [2.05, 4.69) is 76.8 Å². The Balaban J connectivity index is 0.000000292. The highest BCUT2D eigenvalue weighted by Crippen LogP contribution is 2.10. The number of halogens is 3. The van der Waals surface area contributed by atoms with Crippen LogP contribution in [0.1, 0.15) is 41.5 Å². The maximum absolute atomic E-state index is 5.68. The number of hydrogen-bond donors (Lipinski definition) is 6. The van der Waals surface area contributed by atoms with Crippen LogP contribution in [0, 0.1) is 0 Å². The van der Waals surface area contributed by atoms with Crippen molar-refractivity contribution in [2.45, 2.75) is 41.5 Å². The summed E-state index contributed by atoms with van der Waals surface area (Å²) in [6.45, 7) is 16.3. The van der Waals surface area contributed by atoms with Crippen LogP contribution in [0.5, 0.6) is 0 Å². The molecule has 3 aromatic heterocycles. The van der Waals surface area contributed by atoms with Crippen molar-refractivity contribution < 1.29 is 0 Å². The summed E-state index contributed by atoms with van der Waals surface area (Å²) in [6, 6.07) is 0. The molecule has 0 saturated heterocycles. The molecule has 3 rings (SSSR count). The molecule has 0 unspecified atom stereocenters. The maximum Gasteiger partial charge on any atom is 0.228 e. The van der Waals surface area contributed by atoms with Crippen molar-refractivity contribution in [3.63, 3.8) is 0 Å². The lowest BCUT2D eigenvalue weighted by Gasteiger charge is -2.04. The third kappa shape index (κ3) is 14.4. The highest BCUT2D eigenvalue weighted by Gasteiger charge is 2.04. The first-order valence-electron chi connectivity index (χ1n) is 12.5. The minimum Gasteiger partial charge on any atom is -0.354 e. The Morgan fingerprint density at radius 3 is 0.615 bits per heavy atom. The second-order valence-electron chi connectivity index (χ2n) is 6.94. The molecule has 3 heterocycles. The van der Waals surface area contributed by atoms with Crippen molar-refractivity contribution in [3.05, 3.63) is 15.9 Å². The SMILES string of the molecule is CCNc1nc(Cl)nc(NCC)n1.CCNc1nc(Cl)nc(NCC)n1.CCNc1nc(Cl)nc(NCC)n1. The molecule has 3 aromatic rings. The van der Waals surface area contributed by atoms with Gasteiger partial charge in [0.25, 0.3) is 0 Å². The van der Waals surface area contributed by atoms with Gasteiger partial charge in [-0.15, -0.1) is 0 Å². The fourth-order valence-electron chi connectivity index (χ4n) is 2.47. The third-order valence-corrected chi connectivity index (χ3v) is 4.34. The Bertz CT molecular complexity index is 897. The standard InChI is InChI=1S/3C7H12ClN5/c3*1-3-9-6-11-5(8)12-7(13-6)10-4-2/h3*3-4H2,1-2H3,(H2,9,10,11,12,13). The van der Waals surface area contributed by atoms with Crippen LogP contribution in [-0.4, -0.2) is 84.1 Å². The molecule has 0 aliphatic heterocycles. The zero-order valence-corrected chi connectivity index (χ0v) is 25.2. The normalized spacial score (nSPS) is 9.77. The lowest BCUT2D eigenvalue weighted by molar-refractivity contribution is 0.998. The molecule has 0 saturated carbocycles. The highest BCUT2D eigenvalue weighted by molar-refractivity contribution is 6.28. The van der Waals surface area contributed by atoms with E-state index in [1.807, 2.05) is 41.5 Å². The number of nitrogens with zero attached hydrogens (tertiary/aromatic N) is 9. The first-order chi connectivity index (χ1) is 18.8.